The number of nitrogens with one attached hydrogen (secondary N) is 2. The fraction of sp³-hybridized carbons (Fsp3) is 0.190. The van der Waals surface area contributed by atoms with Crippen molar-refractivity contribution in [3.8, 4) is 0 Å². The minimum Gasteiger partial charge on any atom is -0.460 e. The Labute approximate surface area is 171 Å². The standard InChI is InChI=1S/C21H18ClN3O4/c1-12-8-13-9-15(10-16(22)18(13)29-12)23-17(26)11-25-19(27)21(2,24-20(25)28)14-6-4-3-5-7-14/h3-10H,11H2,1-2H3,(H,23,26)(H,24,28)/t21-/m0/s1. The number of hydrogen-bond acceptors (Lipinski definition) is 4. The van der Waals surface area contributed by atoms with Crippen LogP contribution < -0.4 is 10.6 Å². The Bertz CT molecular complexity index is 1140. The second kappa shape index (κ2) is 6.93. The van der Waals surface area contributed by atoms with Crippen molar-refractivity contribution in [1.82, 2.24) is 10.2 Å². The topological polar surface area (TPSA) is 91.7 Å². The van der Waals surface area contributed by atoms with E-state index in [9.17, 15) is 14.4 Å². The molecular formula is C21H18ClN3O4. The largest absolute Gasteiger partial charge is 0.460 e. The second-order valence-electron chi connectivity index (χ2n) is 7.09. The molecule has 4 amide bonds. The van der Waals surface area contributed by atoms with E-state index >= 15 is 0 Å². The highest BCUT2D eigenvalue weighted by atomic mass is 35.5. The van der Waals surface area contributed by atoms with Gasteiger partial charge in [-0.15, -0.1) is 0 Å². The minimum atomic E-state index is -1.21. The molecule has 0 saturated carbocycles. The first-order valence-corrected chi connectivity index (χ1v) is 9.35. The maximum Gasteiger partial charge on any atom is 0.325 e. The van der Waals surface area contributed by atoms with Gasteiger partial charge < -0.3 is 15.1 Å². The van der Waals surface area contributed by atoms with Crippen molar-refractivity contribution >= 4 is 46.1 Å². The summed E-state index contributed by atoms with van der Waals surface area (Å²) >= 11 is 6.21. The molecule has 4 rings (SSSR count). The molecule has 1 fully saturated rings. The predicted molar refractivity (Wildman–Crippen MR) is 109 cm³/mol. The van der Waals surface area contributed by atoms with E-state index in [0.717, 1.165) is 10.3 Å². The summed E-state index contributed by atoms with van der Waals surface area (Å²) in [5.74, 6) is -0.297. The van der Waals surface area contributed by atoms with Gasteiger partial charge in [0.05, 0.1) is 5.02 Å². The fourth-order valence-electron chi connectivity index (χ4n) is 3.46. The third-order valence-corrected chi connectivity index (χ3v) is 5.19. The van der Waals surface area contributed by atoms with Gasteiger partial charge in [-0.2, -0.15) is 0 Å². The van der Waals surface area contributed by atoms with E-state index in [2.05, 4.69) is 10.6 Å². The molecule has 1 aromatic heterocycles. The SMILES string of the molecule is Cc1cc2cc(NC(=O)CN3C(=O)N[C@@](C)(c4ccccc4)C3=O)cc(Cl)c2o1. The Morgan fingerprint density at radius 2 is 1.93 bits per heavy atom. The van der Waals surface area contributed by atoms with Gasteiger partial charge in [0.2, 0.25) is 5.91 Å². The van der Waals surface area contributed by atoms with E-state index in [1.54, 1.807) is 56.3 Å². The number of imide groups is 1. The van der Waals surface area contributed by atoms with E-state index in [1.807, 2.05) is 6.07 Å². The van der Waals surface area contributed by atoms with Gasteiger partial charge in [-0.25, -0.2) is 4.79 Å². The number of urea groups is 1. The Morgan fingerprint density at radius 3 is 2.66 bits per heavy atom. The molecule has 1 aliphatic rings. The van der Waals surface area contributed by atoms with Gasteiger partial charge >= 0.3 is 6.03 Å². The van der Waals surface area contributed by atoms with Gasteiger partial charge in [-0.1, -0.05) is 41.9 Å². The number of carbonyl (C=O) groups is 3. The molecule has 2 N–H and O–H groups in total. The first-order valence-electron chi connectivity index (χ1n) is 8.97. The number of carbonyl (C=O) groups excluding carboxylic acids is 3. The molecule has 2 heterocycles. The van der Waals surface area contributed by atoms with Crippen molar-refractivity contribution in [2.45, 2.75) is 19.4 Å². The lowest BCUT2D eigenvalue weighted by molar-refractivity contribution is -0.133. The average Bonchev–Trinajstić information content (AvgIpc) is 3.15. The Balaban J connectivity index is 1.51. The minimum absolute atomic E-state index is 0.359. The lowest BCUT2D eigenvalue weighted by Crippen LogP contribution is -2.42. The molecule has 0 aliphatic carbocycles. The van der Waals surface area contributed by atoms with Crippen molar-refractivity contribution in [1.29, 1.82) is 0 Å². The molecule has 1 atom stereocenters. The Kier molecular flexibility index (Phi) is 4.55. The summed E-state index contributed by atoms with van der Waals surface area (Å²) in [7, 11) is 0. The summed E-state index contributed by atoms with van der Waals surface area (Å²) in [6, 6.07) is 13.4. The van der Waals surface area contributed by atoms with Crippen molar-refractivity contribution in [2.75, 3.05) is 11.9 Å². The molecule has 1 aliphatic heterocycles. The van der Waals surface area contributed by atoms with Crippen LogP contribution in [0.1, 0.15) is 18.2 Å². The van der Waals surface area contributed by atoms with Gasteiger partial charge in [-0.3, -0.25) is 14.5 Å². The van der Waals surface area contributed by atoms with Crippen molar-refractivity contribution < 1.29 is 18.8 Å². The van der Waals surface area contributed by atoms with Crippen LogP contribution in [0.3, 0.4) is 0 Å². The molecule has 3 aromatic rings. The molecule has 0 bridgehead atoms. The number of rotatable bonds is 4. The summed E-state index contributed by atoms with van der Waals surface area (Å²) in [4.78, 5) is 38.7. The third-order valence-electron chi connectivity index (χ3n) is 4.91. The average molecular weight is 412 g/mol. The van der Waals surface area contributed by atoms with Crippen molar-refractivity contribution in [2.24, 2.45) is 0 Å². The number of fused-ring (bicyclic) bond motifs is 1. The van der Waals surface area contributed by atoms with E-state index in [-0.39, 0.29) is 0 Å². The van der Waals surface area contributed by atoms with E-state index in [4.69, 9.17) is 16.0 Å². The van der Waals surface area contributed by atoms with Gasteiger partial charge in [0.1, 0.15) is 17.8 Å². The lowest BCUT2D eigenvalue weighted by atomic mass is 9.92. The number of anilines is 1. The van der Waals surface area contributed by atoms with Crippen LogP contribution in [0.15, 0.2) is 52.9 Å². The number of aryl methyl sites for hydroxylation is 1. The predicted octanol–water partition coefficient (Wildman–Crippen LogP) is 3.80. The number of benzene rings is 2. The van der Waals surface area contributed by atoms with Gasteiger partial charge in [-0.05, 0) is 37.6 Å². The molecule has 0 radical (unpaired) electrons. The van der Waals surface area contributed by atoms with Crippen LogP contribution in [-0.4, -0.2) is 29.3 Å². The number of amides is 4. The van der Waals surface area contributed by atoms with Crippen LogP contribution in [-0.2, 0) is 15.1 Å². The highest BCUT2D eigenvalue weighted by molar-refractivity contribution is 6.35. The smallest absolute Gasteiger partial charge is 0.325 e. The molecule has 0 spiro atoms. The van der Waals surface area contributed by atoms with Gasteiger partial charge in [0, 0.05) is 11.1 Å². The second-order valence-corrected chi connectivity index (χ2v) is 7.50. The highest BCUT2D eigenvalue weighted by Crippen LogP contribution is 2.31. The van der Waals surface area contributed by atoms with Crippen LogP contribution in [0.2, 0.25) is 5.02 Å². The molecular weight excluding hydrogens is 394 g/mol. The quantitative estimate of drug-likeness (QED) is 0.639. The molecule has 29 heavy (non-hydrogen) atoms. The number of nitrogens with zero attached hydrogens (tertiary/aromatic N) is 1. The number of furan rings is 1. The first-order chi connectivity index (χ1) is 13.8. The zero-order valence-corrected chi connectivity index (χ0v) is 16.5. The normalized spacial score (nSPS) is 18.9. The molecule has 7 nitrogen and oxygen atoms in total. The number of hydrogen-bond donors (Lipinski definition) is 2. The molecule has 8 heteroatoms. The summed E-state index contributed by atoms with van der Waals surface area (Å²) in [6.07, 6.45) is 0. The van der Waals surface area contributed by atoms with Crippen molar-refractivity contribution in [3.63, 3.8) is 0 Å². The highest BCUT2D eigenvalue weighted by Gasteiger charge is 2.49. The molecule has 2 aromatic carbocycles. The maximum atomic E-state index is 12.9. The van der Waals surface area contributed by atoms with E-state index in [1.165, 1.54) is 0 Å². The van der Waals surface area contributed by atoms with Crippen LogP contribution in [0.25, 0.3) is 11.0 Å². The molecule has 1 saturated heterocycles. The van der Waals surface area contributed by atoms with Crippen LogP contribution >= 0.6 is 11.6 Å². The summed E-state index contributed by atoms with van der Waals surface area (Å²) in [5, 5.41) is 6.46. The zero-order chi connectivity index (χ0) is 20.8. The van der Waals surface area contributed by atoms with Gasteiger partial charge in [0.15, 0.2) is 5.58 Å². The fourth-order valence-corrected chi connectivity index (χ4v) is 3.73. The summed E-state index contributed by atoms with van der Waals surface area (Å²) < 4.78 is 5.51. The summed E-state index contributed by atoms with van der Waals surface area (Å²) in [6.45, 7) is 3.01. The van der Waals surface area contributed by atoms with Crippen molar-refractivity contribution in [3.05, 3.63) is 64.9 Å². The zero-order valence-electron chi connectivity index (χ0n) is 15.8. The van der Waals surface area contributed by atoms with Crippen LogP contribution in [0.4, 0.5) is 10.5 Å². The Morgan fingerprint density at radius 1 is 1.21 bits per heavy atom. The summed E-state index contributed by atoms with van der Waals surface area (Å²) in [5.41, 5.74) is 0.421. The van der Waals surface area contributed by atoms with E-state index in [0.29, 0.717) is 27.6 Å². The molecule has 0 unspecified atom stereocenters. The molecule has 148 valence electrons. The van der Waals surface area contributed by atoms with Crippen LogP contribution in [0.5, 0.6) is 0 Å². The number of halogens is 1. The monoisotopic (exact) mass is 411 g/mol. The maximum absolute atomic E-state index is 12.9. The van der Waals surface area contributed by atoms with Gasteiger partial charge in [0.25, 0.3) is 5.91 Å². The third kappa shape index (κ3) is 3.34. The first kappa shape index (κ1) is 19.0. The van der Waals surface area contributed by atoms with Crippen LogP contribution in [0, 0.1) is 6.92 Å². The lowest BCUT2D eigenvalue weighted by Gasteiger charge is -2.22. The van der Waals surface area contributed by atoms with E-state index < -0.39 is 29.9 Å². The Hall–Kier alpha value is -3.32.